The van der Waals surface area contributed by atoms with Crippen LogP contribution in [0.1, 0.15) is 52.5 Å². The molecule has 0 fully saturated rings. The SMILES string of the molecule is CCCSC(=O)C1=C(CC)NC(c2ccccc2)=C(C(=O)OCC)C1CC. The topological polar surface area (TPSA) is 55.4 Å². The molecule has 0 aliphatic carbocycles. The van der Waals surface area contributed by atoms with Gasteiger partial charge in [0.05, 0.1) is 17.9 Å². The van der Waals surface area contributed by atoms with Crippen molar-refractivity contribution in [1.82, 2.24) is 5.32 Å². The molecule has 1 N–H and O–H groups in total. The normalized spacial score (nSPS) is 17.0. The monoisotopic (exact) mass is 387 g/mol. The van der Waals surface area contributed by atoms with Gasteiger partial charge >= 0.3 is 5.97 Å². The van der Waals surface area contributed by atoms with Gasteiger partial charge in [-0.1, -0.05) is 62.9 Å². The van der Waals surface area contributed by atoms with E-state index >= 15 is 0 Å². The van der Waals surface area contributed by atoms with Gasteiger partial charge in [0.25, 0.3) is 0 Å². The Morgan fingerprint density at radius 3 is 2.33 bits per heavy atom. The van der Waals surface area contributed by atoms with Gasteiger partial charge in [0.15, 0.2) is 0 Å². The molecule has 1 aliphatic rings. The number of carbonyl (C=O) groups is 2. The Bertz CT molecular complexity index is 737. The van der Waals surface area contributed by atoms with E-state index in [2.05, 4.69) is 12.2 Å². The lowest BCUT2D eigenvalue weighted by Gasteiger charge is -2.32. The van der Waals surface area contributed by atoms with Crippen molar-refractivity contribution in [3.8, 4) is 0 Å². The molecular formula is C22H29NO3S. The zero-order valence-corrected chi connectivity index (χ0v) is 17.4. The molecule has 1 heterocycles. The van der Waals surface area contributed by atoms with Gasteiger partial charge in [0.2, 0.25) is 5.12 Å². The molecule has 1 unspecified atom stereocenters. The average molecular weight is 388 g/mol. The molecule has 27 heavy (non-hydrogen) atoms. The first kappa shape index (κ1) is 21.3. The Morgan fingerprint density at radius 1 is 1.07 bits per heavy atom. The highest BCUT2D eigenvalue weighted by Gasteiger charge is 2.37. The van der Waals surface area contributed by atoms with Gasteiger partial charge in [-0.05, 0) is 31.7 Å². The molecular weight excluding hydrogens is 358 g/mol. The molecule has 4 nitrogen and oxygen atoms in total. The molecule has 0 bridgehead atoms. The smallest absolute Gasteiger partial charge is 0.336 e. The van der Waals surface area contributed by atoms with Gasteiger partial charge in [-0.2, -0.15) is 0 Å². The van der Waals surface area contributed by atoms with Crippen LogP contribution < -0.4 is 5.32 Å². The van der Waals surface area contributed by atoms with Crippen molar-refractivity contribution in [2.75, 3.05) is 12.4 Å². The zero-order valence-electron chi connectivity index (χ0n) is 16.6. The van der Waals surface area contributed by atoms with E-state index in [4.69, 9.17) is 4.74 Å². The summed E-state index contributed by atoms with van der Waals surface area (Å²) < 4.78 is 5.37. The van der Waals surface area contributed by atoms with Crippen LogP contribution in [0.4, 0.5) is 0 Å². The Hall–Kier alpha value is -2.01. The molecule has 0 amide bonds. The lowest BCUT2D eigenvalue weighted by atomic mass is 9.82. The molecule has 1 atom stereocenters. The first-order valence-corrected chi connectivity index (χ1v) is 10.7. The van der Waals surface area contributed by atoms with Crippen molar-refractivity contribution in [1.29, 1.82) is 0 Å². The van der Waals surface area contributed by atoms with Crippen molar-refractivity contribution >= 4 is 28.5 Å². The highest BCUT2D eigenvalue weighted by atomic mass is 32.2. The summed E-state index contributed by atoms with van der Waals surface area (Å²) >= 11 is 1.33. The molecule has 0 spiro atoms. The minimum atomic E-state index is -0.350. The second-order valence-corrected chi connectivity index (χ2v) is 7.41. The van der Waals surface area contributed by atoms with Crippen LogP contribution >= 0.6 is 11.8 Å². The van der Waals surface area contributed by atoms with Gasteiger partial charge in [0.1, 0.15) is 0 Å². The minimum Gasteiger partial charge on any atom is -0.463 e. The third kappa shape index (κ3) is 4.83. The van der Waals surface area contributed by atoms with Crippen LogP contribution in [0.3, 0.4) is 0 Å². The third-order valence-electron chi connectivity index (χ3n) is 4.54. The van der Waals surface area contributed by atoms with Gasteiger partial charge in [-0.3, -0.25) is 4.79 Å². The summed E-state index contributed by atoms with van der Waals surface area (Å²) in [5.41, 5.74) is 3.87. The van der Waals surface area contributed by atoms with E-state index in [9.17, 15) is 9.59 Å². The van der Waals surface area contributed by atoms with Crippen LogP contribution in [0, 0.1) is 5.92 Å². The van der Waals surface area contributed by atoms with Crippen LogP contribution in [0.15, 0.2) is 47.2 Å². The van der Waals surface area contributed by atoms with Crippen LogP contribution in [0.5, 0.6) is 0 Å². The summed E-state index contributed by atoms with van der Waals surface area (Å²) in [6.07, 6.45) is 2.31. The molecule has 1 aromatic rings. The fourth-order valence-electron chi connectivity index (χ4n) is 3.33. The highest BCUT2D eigenvalue weighted by molar-refractivity contribution is 8.14. The molecule has 0 saturated heterocycles. The quantitative estimate of drug-likeness (QED) is 0.641. The third-order valence-corrected chi connectivity index (χ3v) is 5.64. The maximum Gasteiger partial charge on any atom is 0.336 e. The highest BCUT2D eigenvalue weighted by Crippen LogP contribution is 2.39. The standard InChI is InChI=1S/C22H29NO3S/c1-5-14-27-22(25)18-16(6-2)19(21(24)26-8-4)20(23-17(18)7-3)15-12-10-9-11-13-15/h9-13,16,23H,5-8,14H2,1-4H3. The number of rotatable bonds is 8. The number of ether oxygens (including phenoxy) is 1. The summed E-state index contributed by atoms with van der Waals surface area (Å²) in [5, 5.41) is 3.46. The Balaban J connectivity index is 2.59. The summed E-state index contributed by atoms with van der Waals surface area (Å²) in [4.78, 5) is 25.8. The van der Waals surface area contributed by atoms with Crippen LogP contribution in [0.2, 0.25) is 0 Å². The Morgan fingerprint density at radius 2 is 1.78 bits per heavy atom. The van der Waals surface area contributed by atoms with Crippen molar-refractivity contribution < 1.29 is 14.3 Å². The average Bonchev–Trinajstić information content (AvgIpc) is 2.70. The van der Waals surface area contributed by atoms with E-state index in [-0.39, 0.29) is 17.0 Å². The van der Waals surface area contributed by atoms with E-state index in [0.717, 1.165) is 34.7 Å². The maximum absolute atomic E-state index is 13.0. The Labute approximate surface area is 166 Å². The molecule has 5 heteroatoms. The Kier molecular flexibility index (Phi) is 8.17. The van der Waals surface area contributed by atoms with Gasteiger partial charge < -0.3 is 10.1 Å². The van der Waals surface area contributed by atoms with E-state index in [1.165, 1.54) is 11.8 Å². The largest absolute Gasteiger partial charge is 0.463 e. The van der Waals surface area contributed by atoms with Gasteiger partial charge in [-0.25, -0.2) is 4.79 Å². The molecule has 0 radical (unpaired) electrons. The van der Waals surface area contributed by atoms with E-state index in [1.807, 2.05) is 44.2 Å². The second-order valence-electron chi connectivity index (χ2n) is 6.34. The first-order chi connectivity index (χ1) is 13.1. The lowest BCUT2D eigenvalue weighted by Crippen LogP contribution is -2.33. The van der Waals surface area contributed by atoms with E-state index in [1.54, 1.807) is 6.92 Å². The zero-order chi connectivity index (χ0) is 19.8. The minimum absolute atomic E-state index is 0.0574. The fourth-order valence-corrected chi connectivity index (χ4v) is 4.14. The van der Waals surface area contributed by atoms with Crippen LogP contribution in [-0.4, -0.2) is 23.4 Å². The summed E-state index contributed by atoms with van der Waals surface area (Å²) in [5.74, 6) is 0.170. The molecule has 146 valence electrons. The van der Waals surface area contributed by atoms with Crippen molar-refractivity contribution in [2.45, 2.75) is 47.0 Å². The number of benzene rings is 1. The van der Waals surface area contributed by atoms with E-state index in [0.29, 0.717) is 25.0 Å². The number of hydrogen-bond acceptors (Lipinski definition) is 5. The maximum atomic E-state index is 13.0. The molecule has 1 aromatic carbocycles. The van der Waals surface area contributed by atoms with Crippen molar-refractivity contribution in [3.05, 3.63) is 52.7 Å². The van der Waals surface area contributed by atoms with Crippen LogP contribution in [0.25, 0.3) is 5.70 Å². The molecule has 1 aliphatic heterocycles. The van der Waals surface area contributed by atoms with E-state index < -0.39 is 0 Å². The fraction of sp³-hybridized carbons (Fsp3) is 0.455. The second kappa shape index (κ2) is 10.4. The number of dihydropyridines is 1. The first-order valence-electron chi connectivity index (χ1n) is 9.72. The number of allylic oxidation sites excluding steroid dienone is 1. The predicted molar refractivity (Wildman–Crippen MR) is 112 cm³/mol. The van der Waals surface area contributed by atoms with Crippen molar-refractivity contribution in [3.63, 3.8) is 0 Å². The molecule has 0 saturated carbocycles. The van der Waals surface area contributed by atoms with Crippen molar-refractivity contribution in [2.24, 2.45) is 5.92 Å². The van der Waals surface area contributed by atoms with Gasteiger partial charge in [0, 0.05) is 22.9 Å². The summed E-state index contributed by atoms with van der Waals surface area (Å²) in [7, 11) is 0. The molecule has 2 rings (SSSR count). The number of carbonyl (C=O) groups excluding carboxylic acids is 2. The van der Waals surface area contributed by atoms with Gasteiger partial charge in [-0.15, -0.1) is 0 Å². The summed E-state index contributed by atoms with van der Waals surface area (Å²) in [6.45, 7) is 8.21. The lowest BCUT2D eigenvalue weighted by molar-refractivity contribution is -0.139. The predicted octanol–water partition coefficient (Wildman–Crippen LogP) is 4.92. The molecule has 0 aromatic heterocycles. The summed E-state index contributed by atoms with van der Waals surface area (Å²) in [6, 6.07) is 9.78. The number of nitrogens with one attached hydrogen (secondary N) is 1. The number of hydrogen-bond donors (Lipinski definition) is 1. The number of esters is 1. The number of thioether (sulfide) groups is 1. The van der Waals surface area contributed by atoms with Crippen LogP contribution in [-0.2, 0) is 14.3 Å².